The predicted octanol–water partition coefficient (Wildman–Crippen LogP) is 1.79. The molecule has 0 saturated carbocycles. The summed E-state index contributed by atoms with van der Waals surface area (Å²) in [5, 5.41) is 10.2. The lowest BCUT2D eigenvalue weighted by Crippen LogP contribution is -2.36. The minimum Gasteiger partial charge on any atom is -0.465 e. The molecule has 0 bridgehead atoms. The highest BCUT2D eigenvalue weighted by molar-refractivity contribution is 5.78. The van der Waals surface area contributed by atoms with Crippen LogP contribution in [0.3, 0.4) is 0 Å². The Hall–Kier alpha value is -2.11. The molecule has 0 unspecified atom stereocenters. The summed E-state index contributed by atoms with van der Waals surface area (Å²) in [5.41, 5.74) is 1.07. The Morgan fingerprint density at radius 2 is 1.91 bits per heavy atom. The van der Waals surface area contributed by atoms with Crippen molar-refractivity contribution in [3.63, 3.8) is 0 Å². The molecule has 1 saturated heterocycles. The first-order valence-electron chi connectivity index (χ1n) is 7.87. The number of hydrogen-bond donors (Lipinski definition) is 1. The van der Waals surface area contributed by atoms with Gasteiger partial charge in [-0.25, -0.2) is 0 Å². The molecule has 1 atom stereocenters. The highest BCUT2D eigenvalue weighted by Gasteiger charge is 2.27. The molecule has 1 aromatic heterocycles. The number of nitrogens with zero attached hydrogens (tertiary/aromatic N) is 2. The molecule has 0 spiro atoms. The first kappa shape index (κ1) is 15.8. The topological polar surface area (TPSA) is 56.9 Å². The molecule has 122 valence electrons. The van der Waals surface area contributed by atoms with Crippen LogP contribution in [-0.2, 0) is 17.9 Å². The summed E-state index contributed by atoms with van der Waals surface area (Å²) in [5.74, 6) is 1.71. The molecule has 1 aliphatic heterocycles. The molecule has 5 nitrogen and oxygen atoms in total. The summed E-state index contributed by atoms with van der Waals surface area (Å²) in [7, 11) is 0. The molecule has 1 aromatic carbocycles. The quantitative estimate of drug-likeness (QED) is 0.935. The molecule has 5 heteroatoms. The monoisotopic (exact) mass is 314 g/mol. The van der Waals surface area contributed by atoms with Crippen molar-refractivity contribution >= 4 is 5.91 Å². The Morgan fingerprint density at radius 3 is 2.61 bits per heavy atom. The van der Waals surface area contributed by atoms with Crippen LogP contribution in [-0.4, -0.2) is 46.6 Å². The zero-order valence-corrected chi connectivity index (χ0v) is 13.3. The Balaban J connectivity index is 1.66. The molecule has 23 heavy (non-hydrogen) atoms. The van der Waals surface area contributed by atoms with Crippen LogP contribution >= 0.6 is 0 Å². The average molecular weight is 314 g/mol. The zero-order valence-electron chi connectivity index (χ0n) is 13.3. The van der Waals surface area contributed by atoms with E-state index >= 15 is 0 Å². The van der Waals surface area contributed by atoms with Crippen molar-refractivity contribution in [2.45, 2.75) is 26.1 Å². The Bertz CT molecular complexity index is 653. The Kier molecular flexibility index (Phi) is 4.79. The number of β-amino-alcohol motifs (C(OH)–C–C–N with tert-alkyl or cyclic N) is 1. The third-order valence-electron chi connectivity index (χ3n) is 4.00. The molecule has 0 aliphatic carbocycles. The van der Waals surface area contributed by atoms with Crippen LogP contribution in [0.15, 0.2) is 46.9 Å². The van der Waals surface area contributed by atoms with Crippen molar-refractivity contribution in [2.75, 3.05) is 19.6 Å². The highest BCUT2D eigenvalue weighted by atomic mass is 16.3. The third-order valence-corrected chi connectivity index (χ3v) is 4.00. The van der Waals surface area contributed by atoms with Gasteiger partial charge in [0.2, 0.25) is 5.91 Å². The predicted molar refractivity (Wildman–Crippen MR) is 86.6 cm³/mol. The number of amides is 1. The molecule has 3 rings (SSSR count). The lowest BCUT2D eigenvalue weighted by Gasteiger charge is -2.22. The number of carbonyl (C=O) groups excluding carboxylic acids is 1. The van der Waals surface area contributed by atoms with Gasteiger partial charge in [0.05, 0.1) is 19.2 Å². The van der Waals surface area contributed by atoms with Crippen LogP contribution in [0.5, 0.6) is 0 Å². The lowest BCUT2D eigenvalue weighted by molar-refractivity contribution is -0.132. The smallest absolute Gasteiger partial charge is 0.237 e. The van der Waals surface area contributed by atoms with Crippen molar-refractivity contribution < 1.29 is 14.3 Å². The molecular formula is C18H22N2O3. The summed E-state index contributed by atoms with van der Waals surface area (Å²) in [4.78, 5) is 16.2. The molecule has 1 N–H and O–H groups in total. The van der Waals surface area contributed by atoms with Gasteiger partial charge in [0.15, 0.2) is 0 Å². The molecule has 1 amide bonds. The van der Waals surface area contributed by atoms with Gasteiger partial charge in [0.25, 0.3) is 0 Å². The van der Waals surface area contributed by atoms with Crippen molar-refractivity contribution in [1.29, 1.82) is 0 Å². The second-order valence-corrected chi connectivity index (χ2v) is 6.10. The number of aliphatic hydroxyl groups excluding tert-OH is 1. The lowest BCUT2D eigenvalue weighted by atomic mass is 10.2. The van der Waals surface area contributed by atoms with E-state index in [4.69, 9.17) is 4.42 Å². The average Bonchev–Trinajstić information content (AvgIpc) is 2.86. The number of furan rings is 1. The Morgan fingerprint density at radius 1 is 1.13 bits per heavy atom. The maximum Gasteiger partial charge on any atom is 0.237 e. The van der Waals surface area contributed by atoms with Crippen LogP contribution in [0.1, 0.15) is 17.1 Å². The van der Waals surface area contributed by atoms with Crippen LogP contribution < -0.4 is 0 Å². The van der Waals surface area contributed by atoms with Gasteiger partial charge in [0, 0.05) is 19.6 Å². The van der Waals surface area contributed by atoms with E-state index in [9.17, 15) is 9.90 Å². The van der Waals surface area contributed by atoms with E-state index in [2.05, 4.69) is 0 Å². The van der Waals surface area contributed by atoms with Crippen LogP contribution in [0.25, 0.3) is 0 Å². The second-order valence-electron chi connectivity index (χ2n) is 6.10. The number of rotatable bonds is 4. The summed E-state index contributed by atoms with van der Waals surface area (Å²) < 4.78 is 5.57. The van der Waals surface area contributed by atoms with E-state index in [0.29, 0.717) is 32.7 Å². The molecule has 2 heterocycles. The van der Waals surface area contributed by atoms with Gasteiger partial charge in [-0.3, -0.25) is 9.69 Å². The van der Waals surface area contributed by atoms with Crippen LogP contribution in [0, 0.1) is 6.92 Å². The second kappa shape index (κ2) is 6.98. The molecule has 1 aliphatic rings. The normalized spacial score (nSPS) is 19.8. The number of carbonyl (C=O) groups is 1. The number of aryl methyl sites for hydroxylation is 1. The fourth-order valence-electron chi connectivity index (χ4n) is 2.94. The zero-order chi connectivity index (χ0) is 16.2. The summed E-state index contributed by atoms with van der Waals surface area (Å²) in [6.45, 7) is 4.09. The minimum atomic E-state index is -0.554. The van der Waals surface area contributed by atoms with E-state index in [1.165, 1.54) is 0 Å². The third kappa shape index (κ3) is 4.21. The first-order chi connectivity index (χ1) is 11.1. The van der Waals surface area contributed by atoms with E-state index in [-0.39, 0.29) is 5.91 Å². The summed E-state index contributed by atoms with van der Waals surface area (Å²) >= 11 is 0. The number of hydrogen-bond acceptors (Lipinski definition) is 4. The van der Waals surface area contributed by atoms with Gasteiger partial charge in [-0.2, -0.15) is 0 Å². The van der Waals surface area contributed by atoms with E-state index < -0.39 is 6.10 Å². The van der Waals surface area contributed by atoms with Gasteiger partial charge in [-0.15, -0.1) is 0 Å². The fourth-order valence-corrected chi connectivity index (χ4v) is 2.94. The standard InChI is InChI=1S/C18H22N2O3/c1-14-7-8-17(23-14)12-19-10-16(21)11-20(18(22)13-19)9-15-5-3-2-4-6-15/h2-8,16,21H,9-13H2,1H3/t16-/m1/s1. The van der Waals surface area contributed by atoms with Crippen LogP contribution in [0.4, 0.5) is 0 Å². The maximum absolute atomic E-state index is 12.5. The molecule has 0 radical (unpaired) electrons. The molecule has 2 aromatic rings. The summed E-state index contributed by atoms with van der Waals surface area (Å²) in [6, 6.07) is 13.7. The van der Waals surface area contributed by atoms with E-state index in [0.717, 1.165) is 17.1 Å². The van der Waals surface area contributed by atoms with Crippen molar-refractivity contribution in [1.82, 2.24) is 9.80 Å². The van der Waals surface area contributed by atoms with Gasteiger partial charge in [-0.1, -0.05) is 30.3 Å². The van der Waals surface area contributed by atoms with Crippen molar-refractivity contribution in [2.24, 2.45) is 0 Å². The molecular weight excluding hydrogens is 292 g/mol. The van der Waals surface area contributed by atoms with Gasteiger partial charge in [-0.05, 0) is 24.6 Å². The highest BCUT2D eigenvalue weighted by Crippen LogP contribution is 2.14. The van der Waals surface area contributed by atoms with E-state index in [1.807, 2.05) is 54.3 Å². The van der Waals surface area contributed by atoms with Crippen LogP contribution in [0.2, 0.25) is 0 Å². The molecule has 1 fully saturated rings. The van der Waals surface area contributed by atoms with E-state index in [1.54, 1.807) is 4.90 Å². The Labute approximate surface area is 136 Å². The van der Waals surface area contributed by atoms with Crippen molar-refractivity contribution in [3.8, 4) is 0 Å². The SMILES string of the molecule is Cc1ccc(CN2CC(=O)N(Cc3ccccc3)C[C@H](O)C2)o1. The maximum atomic E-state index is 12.5. The van der Waals surface area contributed by atoms with Gasteiger partial charge in [0.1, 0.15) is 11.5 Å². The minimum absolute atomic E-state index is 0.0358. The number of benzene rings is 1. The fraction of sp³-hybridized carbons (Fsp3) is 0.389. The summed E-state index contributed by atoms with van der Waals surface area (Å²) in [6.07, 6.45) is -0.554. The van der Waals surface area contributed by atoms with Gasteiger partial charge >= 0.3 is 0 Å². The van der Waals surface area contributed by atoms with Gasteiger partial charge < -0.3 is 14.4 Å². The largest absolute Gasteiger partial charge is 0.465 e. The first-order valence-corrected chi connectivity index (χ1v) is 7.87. The number of aliphatic hydroxyl groups is 1. The van der Waals surface area contributed by atoms with Crippen molar-refractivity contribution in [3.05, 3.63) is 59.5 Å².